The van der Waals surface area contributed by atoms with Crippen LogP contribution < -0.4 is 0 Å². The van der Waals surface area contributed by atoms with Gasteiger partial charge in [-0.25, -0.2) is 0 Å². The van der Waals surface area contributed by atoms with Crippen LogP contribution in [-0.4, -0.2) is 14.7 Å². The zero-order chi connectivity index (χ0) is 35.4. The van der Waals surface area contributed by atoms with Crippen LogP contribution in [0, 0.1) is 0 Å². The van der Waals surface area contributed by atoms with Crippen LogP contribution in [0.2, 0.25) is 0 Å². The number of allylic oxidation sites excluding steroid dienone is 1. The number of nitrogens with zero attached hydrogens (tertiary/aromatic N) is 2. The van der Waals surface area contributed by atoms with Gasteiger partial charge in [-0.3, -0.25) is 9.97 Å². The number of thioether (sulfide) groups is 2. The zero-order valence-electron chi connectivity index (χ0n) is 29.4. The lowest BCUT2D eigenvalue weighted by atomic mass is 10.0. The molecule has 0 unspecified atom stereocenters. The number of aromatic nitrogens is 2. The minimum atomic E-state index is 0.209. The zero-order valence-corrected chi connectivity index (χ0v) is 31.1. The van der Waals surface area contributed by atoms with Crippen LogP contribution in [0.25, 0.3) is 68.4 Å². The maximum absolute atomic E-state index is 4.90. The Balaban J connectivity index is 1.03. The monoisotopic (exact) mass is 696 g/mol. The van der Waals surface area contributed by atoms with E-state index in [0.717, 1.165) is 60.1 Å². The van der Waals surface area contributed by atoms with E-state index in [1.165, 1.54) is 20.9 Å². The number of hydrogen-bond acceptors (Lipinski definition) is 4. The molecule has 0 aliphatic carbocycles. The van der Waals surface area contributed by atoms with Crippen molar-refractivity contribution in [3.8, 4) is 22.3 Å². The Hall–Kier alpha value is -5.16. The molecule has 5 aromatic carbocycles. The third kappa shape index (κ3) is 8.78. The summed E-state index contributed by atoms with van der Waals surface area (Å²) in [6.07, 6.45) is 12.5. The second kappa shape index (κ2) is 15.0. The van der Waals surface area contributed by atoms with Crippen LogP contribution in [-0.2, 0) is 0 Å². The van der Waals surface area contributed by atoms with E-state index in [1.807, 2.05) is 31.1 Å². The fourth-order valence-corrected chi connectivity index (χ4v) is 7.57. The summed E-state index contributed by atoms with van der Waals surface area (Å²) in [5, 5.41) is 2.16. The van der Waals surface area contributed by atoms with E-state index >= 15 is 0 Å². The molecule has 0 radical (unpaired) electrons. The largest absolute Gasteiger partial charge is 0.253 e. The maximum Gasteiger partial charge on any atom is 0.0965 e. The molecule has 7 rings (SSSR count). The van der Waals surface area contributed by atoms with Gasteiger partial charge in [-0.15, -0.1) is 11.8 Å². The molecule has 0 spiro atoms. The highest BCUT2D eigenvalue weighted by molar-refractivity contribution is 8.03. The normalized spacial score (nSPS) is 12.0. The fourth-order valence-electron chi connectivity index (χ4n) is 5.92. The molecule has 250 valence electrons. The topological polar surface area (TPSA) is 25.8 Å². The molecule has 0 atom stereocenters. The van der Waals surface area contributed by atoms with Crippen LogP contribution in [0.1, 0.15) is 49.9 Å². The van der Waals surface area contributed by atoms with E-state index < -0.39 is 0 Å². The van der Waals surface area contributed by atoms with Gasteiger partial charge < -0.3 is 0 Å². The van der Waals surface area contributed by atoms with Crippen LogP contribution in [0.5, 0.6) is 0 Å². The molecule has 0 N–H and O–H groups in total. The van der Waals surface area contributed by atoms with Crippen LogP contribution in [0.15, 0.2) is 155 Å². The molecule has 0 amide bonds. The van der Waals surface area contributed by atoms with Gasteiger partial charge in [0.15, 0.2) is 0 Å². The van der Waals surface area contributed by atoms with Gasteiger partial charge >= 0.3 is 0 Å². The first kappa shape index (κ1) is 34.3. The van der Waals surface area contributed by atoms with Gasteiger partial charge in [0.2, 0.25) is 0 Å². The lowest BCUT2D eigenvalue weighted by Crippen LogP contribution is -2.06. The van der Waals surface area contributed by atoms with Crippen molar-refractivity contribution in [2.24, 2.45) is 0 Å². The SMILES string of the molecule is C=C(C)Sc1ccc(/C=C/c2ccc(-c3cnc4c(ccc5cc(-c6ccc(/C=C/c7ccc(SC(C)(C)C)cc7)cc6)cnc54)c3)cc2)cc1. The molecule has 0 aliphatic rings. The number of rotatable bonds is 9. The van der Waals surface area contributed by atoms with Crippen molar-refractivity contribution in [1.29, 1.82) is 0 Å². The molecule has 0 bridgehead atoms. The second-order valence-corrected chi connectivity index (χ2v) is 17.0. The third-order valence-corrected chi connectivity index (χ3v) is 10.4. The first-order chi connectivity index (χ1) is 24.6. The van der Waals surface area contributed by atoms with Gasteiger partial charge in [0, 0.05) is 48.8 Å². The standard InChI is InChI=1S/C47H40N2S2/c1-32(2)50-43-24-14-35(15-25-43)8-6-33-10-18-37(19-11-33)41-28-39-22-23-40-29-42(31-49-46(40)45(39)48-30-41)38-20-12-34(13-21-38)7-9-36-16-26-44(27-17-36)51-47(3,4)5/h6-31H,1H2,2-5H3/b8-6+,9-7+. The molecule has 0 saturated heterocycles. The number of benzene rings is 5. The van der Waals surface area contributed by atoms with Crippen molar-refractivity contribution in [2.75, 3.05) is 0 Å². The predicted molar refractivity (Wildman–Crippen MR) is 225 cm³/mol. The minimum Gasteiger partial charge on any atom is -0.253 e. The van der Waals surface area contributed by atoms with Crippen molar-refractivity contribution in [3.63, 3.8) is 0 Å². The molecule has 4 heteroatoms. The maximum atomic E-state index is 4.90. The molecule has 7 aromatic rings. The third-order valence-electron chi connectivity index (χ3n) is 8.40. The summed E-state index contributed by atoms with van der Waals surface area (Å²) in [7, 11) is 0. The Labute approximate surface area is 310 Å². The van der Waals surface area contributed by atoms with Gasteiger partial charge in [-0.1, -0.05) is 148 Å². The van der Waals surface area contributed by atoms with Crippen LogP contribution in [0.4, 0.5) is 0 Å². The van der Waals surface area contributed by atoms with Crippen molar-refractivity contribution in [2.45, 2.75) is 42.2 Å². The minimum absolute atomic E-state index is 0.209. The molecule has 2 nitrogen and oxygen atoms in total. The van der Waals surface area contributed by atoms with Crippen molar-refractivity contribution in [3.05, 3.63) is 167 Å². The van der Waals surface area contributed by atoms with Crippen molar-refractivity contribution < 1.29 is 0 Å². The van der Waals surface area contributed by atoms with Crippen molar-refractivity contribution in [1.82, 2.24) is 9.97 Å². The van der Waals surface area contributed by atoms with E-state index in [0.29, 0.717) is 0 Å². The molecular formula is C47H40N2S2. The van der Waals surface area contributed by atoms with Crippen LogP contribution in [0.3, 0.4) is 0 Å². The number of pyridine rings is 2. The molecule has 0 fully saturated rings. The quantitative estimate of drug-likeness (QED) is 0.0852. The fraction of sp³-hybridized carbons (Fsp3) is 0.106. The average molecular weight is 697 g/mol. The summed E-state index contributed by atoms with van der Waals surface area (Å²) in [5.74, 6) is 0. The Morgan fingerprint density at radius 2 is 0.882 bits per heavy atom. The summed E-state index contributed by atoms with van der Waals surface area (Å²) in [6.45, 7) is 12.7. The van der Waals surface area contributed by atoms with Gasteiger partial charge in [-0.2, -0.15) is 0 Å². The Morgan fingerprint density at radius 3 is 1.25 bits per heavy atom. The van der Waals surface area contributed by atoms with Gasteiger partial charge in [0.25, 0.3) is 0 Å². The predicted octanol–water partition coefficient (Wildman–Crippen LogP) is 14.0. The first-order valence-electron chi connectivity index (χ1n) is 17.1. The molecule has 51 heavy (non-hydrogen) atoms. The second-order valence-electron chi connectivity index (χ2n) is 13.7. The summed E-state index contributed by atoms with van der Waals surface area (Å²) in [4.78, 5) is 13.4. The summed E-state index contributed by atoms with van der Waals surface area (Å²) in [6, 6.07) is 43.3. The molecular weight excluding hydrogens is 657 g/mol. The highest BCUT2D eigenvalue weighted by Gasteiger charge is 2.12. The number of hydrogen-bond donors (Lipinski definition) is 0. The average Bonchev–Trinajstić information content (AvgIpc) is 3.13. The van der Waals surface area contributed by atoms with Gasteiger partial charge in [0.05, 0.1) is 11.0 Å². The number of fused-ring (bicyclic) bond motifs is 3. The first-order valence-corrected chi connectivity index (χ1v) is 18.8. The lowest BCUT2D eigenvalue weighted by Gasteiger charge is -2.17. The highest BCUT2D eigenvalue weighted by Crippen LogP contribution is 2.33. The smallest absolute Gasteiger partial charge is 0.0965 e. The summed E-state index contributed by atoms with van der Waals surface area (Å²) < 4.78 is 0.209. The summed E-state index contributed by atoms with van der Waals surface area (Å²) >= 11 is 3.58. The molecule has 0 aliphatic heterocycles. The van der Waals surface area contributed by atoms with E-state index in [-0.39, 0.29) is 4.75 Å². The Morgan fingerprint density at radius 1 is 0.510 bits per heavy atom. The molecule has 2 aromatic heterocycles. The van der Waals surface area contributed by atoms with Gasteiger partial charge in [0.1, 0.15) is 0 Å². The van der Waals surface area contributed by atoms with E-state index in [1.54, 1.807) is 11.8 Å². The van der Waals surface area contributed by atoms with E-state index in [4.69, 9.17) is 9.97 Å². The molecule has 2 heterocycles. The van der Waals surface area contributed by atoms with Gasteiger partial charge in [-0.05, 0) is 81.6 Å². The van der Waals surface area contributed by atoms with Crippen molar-refractivity contribution >= 4 is 69.6 Å². The summed E-state index contributed by atoms with van der Waals surface area (Å²) in [5.41, 5.74) is 11.0. The van der Waals surface area contributed by atoms with E-state index in [2.05, 4.69) is 173 Å². The Kier molecular flexibility index (Phi) is 10.1. The highest BCUT2D eigenvalue weighted by atomic mass is 32.2. The van der Waals surface area contributed by atoms with Crippen LogP contribution >= 0.6 is 23.5 Å². The molecule has 0 saturated carbocycles. The lowest BCUT2D eigenvalue weighted by molar-refractivity contribution is 0.803. The Bertz CT molecular complexity index is 2380. The van der Waals surface area contributed by atoms with E-state index in [9.17, 15) is 0 Å².